The van der Waals surface area contributed by atoms with E-state index >= 15 is 0 Å². The average molecular weight is 260 g/mol. The highest BCUT2D eigenvalue weighted by Crippen LogP contribution is 2.27. The minimum Gasteiger partial charge on any atom is -0.491 e. The van der Waals surface area contributed by atoms with Gasteiger partial charge in [-0.15, -0.1) is 0 Å². The molecule has 6 nitrogen and oxygen atoms in total. The van der Waals surface area contributed by atoms with Crippen LogP contribution in [0.25, 0.3) is 0 Å². The normalized spacial score (nSPS) is 10.2. The molecule has 1 aromatic carbocycles. The van der Waals surface area contributed by atoms with Gasteiger partial charge in [-0.05, 0) is 19.1 Å². The Kier molecular flexibility index (Phi) is 3.70. The first-order chi connectivity index (χ1) is 9.13. The van der Waals surface area contributed by atoms with Crippen molar-refractivity contribution >= 4 is 17.4 Å². The zero-order valence-electron chi connectivity index (χ0n) is 10.9. The van der Waals surface area contributed by atoms with E-state index in [0.29, 0.717) is 29.4 Å². The molecule has 0 atom stereocenters. The van der Waals surface area contributed by atoms with Gasteiger partial charge < -0.3 is 15.8 Å². The number of amides is 1. The maximum Gasteiger partial charge on any atom is 0.260 e. The lowest BCUT2D eigenvalue weighted by molar-refractivity contribution is 0.102. The third-order valence-electron chi connectivity index (χ3n) is 2.64. The first kappa shape index (κ1) is 12.9. The van der Waals surface area contributed by atoms with Crippen LogP contribution >= 0.6 is 0 Å². The van der Waals surface area contributed by atoms with Gasteiger partial charge in [-0.3, -0.25) is 9.48 Å². The molecule has 19 heavy (non-hydrogen) atoms. The van der Waals surface area contributed by atoms with Crippen LogP contribution in [0.5, 0.6) is 5.75 Å². The predicted octanol–water partition coefficient (Wildman–Crippen LogP) is 1.65. The molecule has 0 aliphatic rings. The molecule has 0 unspecified atom stereocenters. The van der Waals surface area contributed by atoms with E-state index in [-0.39, 0.29) is 5.91 Å². The average Bonchev–Trinajstić information content (AvgIpc) is 2.78. The molecule has 3 N–H and O–H groups in total. The van der Waals surface area contributed by atoms with Crippen LogP contribution in [0, 0.1) is 0 Å². The standard InChI is InChI=1S/C13H16N4O2/c1-3-19-12-9(5-4-6-10(12)14)13(18)16-11-7-8-15-17(11)2/h4-8H,3,14H2,1-2H3,(H,16,18). The number of nitrogens with one attached hydrogen (secondary N) is 1. The molecule has 0 saturated carbocycles. The van der Waals surface area contributed by atoms with Gasteiger partial charge >= 0.3 is 0 Å². The van der Waals surface area contributed by atoms with E-state index in [4.69, 9.17) is 10.5 Å². The Bertz CT molecular complexity index is 592. The number of hydrogen-bond acceptors (Lipinski definition) is 4. The monoisotopic (exact) mass is 260 g/mol. The van der Waals surface area contributed by atoms with E-state index in [2.05, 4.69) is 10.4 Å². The van der Waals surface area contributed by atoms with Crippen molar-refractivity contribution in [3.8, 4) is 5.75 Å². The van der Waals surface area contributed by atoms with Crippen LogP contribution in [0.2, 0.25) is 0 Å². The number of nitrogens with zero attached hydrogens (tertiary/aromatic N) is 2. The number of benzene rings is 1. The number of nitrogen functional groups attached to an aromatic ring is 1. The number of carbonyl (C=O) groups is 1. The number of rotatable bonds is 4. The fraction of sp³-hybridized carbons (Fsp3) is 0.231. The molecule has 0 saturated heterocycles. The summed E-state index contributed by atoms with van der Waals surface area (Å²) in [5.41, 5.74) is 6.68. The number of aromatic nitrogens is 2. The Balaban J connectivity index is 2.29. The van der Waals surface area contributed by atoms with Crippen LogP contribution in [-0.2, 0) is 7.05 Å². The fourth-order valence-corrected chi connectivity index (χ4v) is 1.72. The summed E-state index contributed by atoms with van der Waals surface area (Å²) in [7, 11) is 1.75. The second-order valence-corrected chi connectivity index (χ2v) is 3.95. The van der Waals surface area contributed by atoms with Gasteiger partial charge in [0.25, 0.3) is 5.91 Å². The van der Waals surface area contributed by atoms with Gasteiger partial charge in [-0.1, -0.05) is 6.07 Å². The lowest BCUT2D eigenvalue weighted by Gasteiger charge is -2.12. The minimum atomic E-state index is -0.278. The summed E-state index contributed by atoms with van der Waals surface area (Å²) in [5, 5.41) is 6.74. The van der Waals surface area contributed by atoms with Crippen molar-refractivity contribution in [2.75, 3.05) is 17.7 Å². The quantitative estimate of drug-likeness (QED) is 0.819. The Morgan fingerprint density at radius 1 is 1.47 bits per heavy atom. The van der Waals surface area contributed by atoms with Gasteiger partial charge in [-0.25, -0.2) is 0 Å². The number of anilines is 2. The maximum absolute atomic E-state index is 12.2. The third-order valence-corrected chi connectivity index (χ3v) is 2.64. The van der Waals surface area contributed by atoms with Crippen LogP contribution in [0.3, 0.4) is 0 Å². The van der Waals surface area contributed by atoms with Crippen LogP contribution in [0.4, 0.5) is 11.5 Å². The number of para-hydroxylation sites is 1. The highest BCUT2D eigenvalue weighted by molar-refractivity contribution is 6.06. The number of ether oxygens (including phenoxy) is 1. The van der Waals surface area contributed by atoms with Crippen molar-refractivity contribution in [1.82, 2.24) is 9.78 Å². The smallest absolute Gasteiger partial charge is 0.260 e. The molecule has 1 amide bonds. The lowest BCUT2D eigenvalue weighted by atomic mass is 10.1. The first-order valence-electron chi connectivity index (χ1n) is 5.94. The molecule has 2 aromatic rings. The van der Waals surface area contributed by atoms with Crippen LogP contribution in [0.1, 0.15) is 17.3 Å². The maximum atomic E-state index is 12.2. The molecular weight excluding hydrogens is 244 g/mol. The molecule has 1 heterocycles. The topological polar surface area (TPSA) is 82.2 Å². The summed E-state index contributed by atoms with van der Waals surface area (Å²) < 4.78 is 7.00. The van der Waals surface area contributed by atoms with E-state index in [1.807, 2.05) is 6.92 Å². The van der Waals surface area contributed by atoms with Gasteiger partial charge in [-0.2, -0.15) is 5.10 Å². The third kappa shape index (κ3) is 2.67. The van der Waals surface area contributed by atoms with E-state index in [1.54, 1.807) is 42.2 Å². The van der Waals surface area contributed by atoms with E-state index in [9.17, 15) is 4.79 Å². The van der Waals surface area contributed by atoms with E-state index in [1.165, 1.54) is 0 Å². The van der Waals surface area contributed by atoms with Gasteiger partial charge in [0, 0.05) is 13.1 Å². The fourth-order valence-electron chi connectivity index (χ4n) is 1.72. The van der Waals surface area contributed by atoms with Crippen molar-refractivity contribution in [3.63, 3.8) is 0 Å². The van der Waals surface area contributed by atoms with Crippen molar-refractivity contribution in [2.24, 2.45) is 7.05 Å². The molecular formula is C13H16N4O2. The second-order valence-electron chi connectivity index (χ2n) is 3.95. The summed E-state index contributed by atoms with van der Waals surface area (Å²) in [4.78, 5) is 12.2. The molecule has 0 fully saturated rings. The molecule has 0 aliphatic heterocycles. The summed E-state index contributed by atoms with van der Waals surface area (Å²) in [6.45, 7) is 2.29. The molecule has 0 radical (unpaired) electrons. The Morgan fingerprint density at radius 3 is 2.89 bits per heavy atom. The highest BCUT2D eigenvalue weighted by atomic mass is 16.5. The Hall–Kier alpha value is -2.50. The number of carbonyl (C=O) groups excluding carboxylic acids is 1. The van der Waals surface area contributed by atoms with Crippen molar-refractivity contribution in [2.45, 2.75) is 6.92 Å². The van der Waals surface area contributed by atoms with Gasteiger partial charge in [0.15, 0.2) is 5.75 Å². The Labute approximate surface area is 111 Å². The minimum absolute atomic E-state index is 0.278. The second kappa shape index (κ2) is 5.43. The lowest BCUT2D eigenvalue weighted by Crippen LogP contribution is -2.16. The summed E-state index contributed by atoms with van der Waals surface area (Å²) in [6, 6.07) is 6.81. The number of aryl methyl sites for hydroxylation is 1. The largest absolute Gasteiger partial charge is 0.491 e. The predicted molar refractivity (Wildman–Crippen MR) is 73.2 cm³/mol. The molecule has 0 bridgehead atoms. The van der Waals surface area contributed by atoms with E-state index in [0.717, 1.165) is 0 Å². The first-order valence-corrected chi connectivity index (χ1v) is 5.94. The SMILES string of the molecule is CCOc1c(N)cccc1C(=O)Nc1ccnn1C. The Morgan fingerprint density at radius 2 is 2.26 bits per heavy atom. The van der Waals surface area contributed by atoms with E-state index < -0.39 is 0 Å². The summed E-state index contributed by atoms with van der Waals surface area (Å²) in [5.74, 6) is 0.735. The van der Waals surface area contributed by atoms with Crippen LogP contribution < -0.4 is 15.8 Å². The van der Waals surface area contributed by atoms with Crippen LogP contribution in [0.15, 0.2) is 30.5 Å². The molecule has 100 valence electrons. The molecule has 2 rings (SSSR count). The summed E-state index contributed by atoms with van der Waals surface area (Å²) in [6.07, 6.45) is 1.61. The van der Waals surface area contributed by atoms with Crippen LogP contribution in [-0.4, -0.2) is 22.3 Å². The highest BCUT2D eigenvalue weighted by Gasteiger charge is 2.15. The number of nitrogens with two attached hydrogens (primary N) is 1. The number of hydrogen-bond donors (Lipinski definition) is 2. The van der Waals surface area contributed by atoms with Gasteiger partial charge in [0.2, 0.25) is 0 Å². The molecule has 1 aromatic heterocycles. The summed E-state index contributed by atoms with van der Waals surface area (Å²) >= 11 is 0. The molecule has 6 heteroatoms. The zero-order chi connectivity index (χ0) is 13.8. The van der Waals surface area contributed by atoms with Gasteiger partial charge in [0.1, 0.15) is 5.82 Å². The molecule has 0 aliphatic carbocycles. The van der Waals surface area contributed by atoms with Gasteiger partial charge in [0.05, 0.1) is 24.1 Å². The van der Waals surface area contributed by atoms with Crippen molar-refractivity contribution < 1.29 is 9.53 Å². The zero-order valence-corrected chi connectivity index (χ0v) is 10.9. The molecule has 0 spiro atoms. The van der Waals surface area contributed by atoms with Crippen molar-refractivity contribution in [1.29, 1.82) is 0 Å². The van der Waals surface area contributed by atoms with Crippen molar-refractivity contribution in [3.05, 3.63) is 36.0 Å².